The normalized spacial score (nSPS) is 11.6. The van der Waals surface area contributed by atoms with E-state index in [2.05, 4.69) is 77.9 Å². The van der Waals surface area contributed by atoms with Crippen LogP contribution in [0.5, 0.6) is 0 Å². The van der Waals surface area contributed by atoms with Crippen LogP contribution in [0.15, 0.2) is 10.5 Å². The number of hydrogen-bond acceptors (Lipinski definition) is 6. The number of amides is 3. The highest BCUT2D eigenvalue weighted by molar-refractivity contribution is 9.10. The molecule has 0 saturated carbocycles. The SMILES string of the molecule is CCC(=O)NC(C)CCC(=O)Nc1c(C)cc(C)c(Br)c1C.CCCCCC=O.CNCC(C)(C)COCC(C)(C)CNC=O. The Bertz CT molecular complexity index is 1010. The number of aldehydes is 1. The maximum atomic E-state index is 12.1. The summed E-state index contributed by atoms with van der Waals surface area (Å²) < 4.78 is 6.74. The van der Waals surface area contributed by atoms with Crippen LogP contribution < -0.4 is 21.3 Å². The molecule has 1 atom stereocenters. The lowest BCUT2D eigenvalue weighted by atomic mass is 9.93. The van der Waals surface area contributed by atoms with Crippen LogP contribution in [0.25, 0.3) is 0 Å². The number of halogens is 1. The third-order valence-electron chi connectivity index (χ3n) is 6.91. The summed E-state index contributed by atoms with van der Waals surface area (Å²) in [5.74, 6) is -0.0124. The molecule has 1 rings (SSSR count). The standard InChI is InChI=1S/C17H25BrN2O2.C12H26N2O2.C6H12O/c1-6-14(21)19-12(4)7-8-15(22)20-17-11(3)9-10(2)16(18)13(17)5;1-11(2,6-13-5)8-16-9-12(3,4)7-14-10-15;1-2-3-4-5-6-7/h9,12H,6-8H2,1-5H3,(H,19,21)(H,20,22);10,13H,6-9H2,1-5H3,(H,14,15);6H,2-5H2,1H3. The minimum atomic E-state index is -0.0282. The molecule has 0 aromatic heterocycles. The lowest BCUT2D eigenvalue weighted by Crippen LogP contribution is -2.36. The zero-order valence-electron chi connectivity index (χ0n) is 30.0. The minimum absolute atomic E-state index is 0.00477. The van der Waals surface area contributed by atoms with E-state index in [1.54, 1.807) is 0 Å². The topological polar surface area (TPSA) is 126 Å². The fourth-order valence-corrected chi connectivity index (χ4v) is 4.65. The van der Waals surface area contributed by atoms with Gasteiger partial charge in [0.25, 0.3) is 0 Å². The Balaban J connectivity index is 0. The van der Waals surface area contributed by atoms with Crippen molar-refractivity contribution < 1.29 is 23.9 Å². The lowest BCUT2D eigenvalue weighted by Gasteiger charge is -2.28. The molecule has 0 spiro atoms. The van der Waals surface area contributed by atoms with E-state index in [1.165, 1.54) is 12.8 Å². The van der Waals surface area contributed by atoms with Crippen molar-refractivity contribution in [2.24, 2.45) is 10.8 Å². The van der Waals surface area contributed by atoms with Crippen molar-refractivity contribution in [3.63, 3.8) is 0 Å². The van der Waals surface area contributed by atoms with E-state index in [0.29, 0.717) is 32.4 Å². The van der Waals surface area contributed by atoms with Crippen molar-refractivity contribution in [2.75, 3.05) is 38.7 Å². The average molecular weight is 700 g/mol. The summed E-state index contributed by atoms with van der Waals surface area (Å²) in [6.45, 7) is 23.3. The van der Waals surface area contributed by atoms with Crippen molar-refractivity contribution >= 4 is 46.1 Å². The smallest absolute Gasteiger partial charge is 0.224 e. The molecule has 260 valence electrons. The highest BCUT2D eigenvalue weighted by Crippen LogP contribution is 2.31. The summed E-state index contributed by atoms with van der Waals surface area (Å²) in [6.07, 6.45) is 7.40. The van der Waals surface area contributed by atoms with E-state index in [0.717, 1.165) is 65.5 Å². The van der Waals surface area contributed by atoms with Crippen LogP contribution in [0.4, 0.5) is 5.69 Å². The van der Waals surface area contributed by atoms with E-state index < -0.39 is 0 Å². The Labute approximate surface area is 282 Å². The molecule has 0 aliphatic heterocycles. The van der Waals surface area contributed by atoms with Gasteiger partial charge in [0.15, 0.2) is 0 Å². The van der Waals surface area contributed by atoms with Gasteiger partial charge in [-0.3, -0.25) is 14.4 Å². The molecule has 10 heteroatoms. The van der Waals surface area contributed by atoms with Gasteiger partial charge in [0.1, 0.15) is 6.29 Å². The number of rotatable bonds is 19. The van der Waals surface area contributed by atoms with E-state index in [1.807, 2.05) is 41.7 Å². The second kappa shape index (κ2) is 24.9. The van der Waals surface area contributed by atoms with Gasteiger partial charge in [-0.2, -0.15) is 0 Å². The zero-order valence-corrected chi connectivity index (χ0v) is 31.6. The van der Waals surface area contributed by atoms with Crippen LogP contribution >= 0.6 is 15.9 Å². The third kappa shape index (κ3) is 22.8. The highest BCUT2D eigenvalue weighted by Gasteiger charge is 2.22. The zero-order chi connectivity index (χ0) is 35.1. The minimum Gasteiger partial charge on any atom is -0.380 e. The molecule has 0 saturated heterocycles. The number of nitrogens with one attached hydrogen (secondary N) is 4. The summed E-state index contributed by atoms with van der Waals surface area (Å²) in [6, 6.07) is 2.06. The molecule has 0 radical (unpaired) electrons. The first-order chi connectivity index (χ1) is 21.0. The first-order valence-electron chi connectivity index (χ1n) is 16.2. The Kier molecular flexibility index (Phi) is 24.8. The number of aryl methyl sites for hydroxylation is 2. The van der Waals surface area contributed by atoms with E-state index in [9.17, 15) is 19.2 Å². The summed E-state index contributed by atoms with van der Waals surface area (Å²) in [4.78, 5) is 43.3. The number of anilines is 1. The van der Waals surface area contributed by atoms with Crippen molar-refractivity contribution in [3.05, 3.63) is 27.2 Å². The summed E-state index contributed by atoms with van der Waals surface area (Å²) in [7, 11) is 1.94. The number of unbranched alkanes of at least 4 members (excludes halogenated alkanes) is 3. The van der Waals surface area contributed by atoms with Gasteiger partial charge >= 0.3 is 0 Å². The Morgan fingerprint density at radius 2 is 1.56 bits per heavy atom. The van der Waals surface area contributed by atoms with Gasteiger partial charge in [-0.25, -0.2) is 0 Å². The molecule has 0 fully saturated rings. The Hall–Kier alpha value is -2.30. The van der Waals surface area contributed by atoms with Gasteiger partial charge in [0, 0.05) is 59.4 Å². The molecule has 0 aliphatic carbocycles. The maximum absolute atomic E-state index is 12.1. The number of ether oxygens (including phenoxy) is 1. The van der Waals surface area contributed by atoms with Crippen molar-refractivity contribution in [1.82, 2.24) is 16.0 Å². The molecular weight excluding hydrogens is 636 g/mol. The molecule has 4 N–H and O–H groups in total. The summed E-state index contributed by atoms with van der Waals surface area (Å²) in [5.41, 5.74) is 4.24. The van der Waals surface area contributed by atoms with Gasteiger partial charge in [-0.1, -0.05) is 76.4 Å². The molecule has 9 nitrogen and oxygen atoms in total. The van der Waals surface area contributed by atoms with Crippen LogP contribution in [0.3, 0.4) is 0 Å². The van der Waals surface area contributed by atoms with E-state index in [-0.39, 0.29) is 28.7 Å². The van der Waals surface area contributed by atoms with Gasteiger partial charge in [0.2, 0.25) is 18.2 Å². The molecule has 45 heavy (non-hydrogen) atoms. The van der Waals surface area contributed by atoms with Crippen LogP contribution in [0.2, 0.25) is 0 Å². The molecule has 1 aromatic carbocycles. The molecule has 0 aliphatic rings. The lowest BCUT2D eigenvalue weighted by molar-refractivity contribution is -0.122. The number of carbonyl (C=O) groups excluding carboxylic acids is 4. The number of hydrogen-bond donors (Lipinski definition) is 4. The van der Waals surface area contributed by atoms with Crippen LogP contribution in [0.1, 0.15) is 110 Å². The summed E-state index contributed by atoms with van der Waals surface area (Å²) in [5, 5.41) is 11.7. The largest absolute Gasteiger partial charge is 0.380 e. The molecule has 1 aromatic rings. The fourth-order valence-electron chi connectivity index (χ4n) is 4.33. The predicted molar refractivity (Wildman–Crippen MR) is 191 cm³/mol. The number of benzene rings is 1. The first kappa shape index (κ1) is 44.8. The monoisotopic (exact) mass is 698 g/mol. The van der Waals surface area contributed by atoms with E-state index >= 15 is 0 Å². The first-order valence-corrected chi connectivity index (χ1v) is 17.0. The highest BCUT2D eigenvalue weighted by atomic mass is 79.9. The van der Waals surface area contributed by atoms with Gasteiger partial charge in [-0.05, 0) is 64.3 Å². The van der Waals surface area contributed by atoms with Gasteiger partial charge in [0.05, 0.1) is 13.2 Å². The van der Waals surface area contributed by atoms with Gasteiger partial charge in [-0.15, -0.1) is 0 Å². The maximum Gasteiger partial charge on any atom is 0.224 e. The molecule has 0 bridgehead atoms. The second-order valence-electron chi connectivity index (χ2n) is 13.2. The van der Waals surface area contributed by atoms with Crippen LogP contribution in [0, 0.1) is 31.6 Å². The van der Waals surface area contributed by atoms with Gasteiger partial charge < -0.3 is 30.8 Å². The van der Waals surface area contributed by atoms with Crippen LogP contribution in [-0.2, 0) is 23.9 Å². The quantitative estimate of drug-likeness (QED) is 0.0931. The number of carbonyl (C=O) groups is 4. The molecular formula is C35H63BrN4O5. The van der Waals surface area contributed by atoms with Crippen molar-refractivity contribution in [1.29, 1.82) is 0 Å². The fraction of sp³-hybridized carbons (Fsp3) is 0.714. The predicted octanol–water partition coefficient (Wildman–Crippen LogP) is 6.79. The summed E-state index contributed by atoms with van der Waals surface area (Å²) >= 11 is 3.55. The van der Waals surface area contributed by atoms with Crippen molar-refractivity contribution in [2.45, 2.75) is 120 Å². The van der Waals surface area contributed by atoms with Crippen molar-refractivity contribution in [3.8, 4) is 0 Å². The Morgan fingerprint density at radius 3 is 2.07 bits per heavy atom. The molecule has 3 amide bonds. The molecule has 1 unspecified atom stereocenters. The third-order valence-corrected chi connectivity index (χ3v) is 8.13. The second-order valence-corrected chi connectivity index (χ2v) is 14.0. The Morgan fingerprint density at radius 1 is 0.956 bits per heavy atom. The van der Waals surface area contributed by atoms with Crippen LogP contribution in [-0.4, -0.2) is 63.9 Å². The van der Waals surface area contributed by atoms with E-state index in [4.69, 9.17) is 4.74 Å². The average Bonchev–Trinajstić information content (AvgIpc) is 2.96. The molecule has 0 heterocycles.